The maximum atomic E-state index is 12.3. The number of rotatable bonds is 6. The molecule has 0 radical (unpaired) electrons. The normalized spacial score (nSPS) is 11.7. The Balaban J connectivity index is 1.98. The lowest BCUT2D eigenvalue weighted by Crippen LogP contribution is -2.43. The van der Waals surface area contributed by atoms with Gasteiger partial charge in [0.15, 0.2) is 0 Å². The van der Waals surface area contributed by atoms with Crippen molar-refractivity contribution in [3.8, 4) is 0 Å². The minimum Gasteiger partial charge on any atom is -0.467 e. The van der Waals surface area contributed by atoms with Gasteiger partial charge in [0, 0.05) is 12.1 Å². The van der Waals surface area contributed by atoms with Crippen LogP contribution in [0, 0.1) is 0 Å². The average Bonchev–Trinajstić information content (AvgIpc) is 2.68. The zero-order chi connectivity index (χ0) is 17.6. The van der Waals surface area contributed by atoms with Crippen molar-refractivity contribution in [1.29, 1.82) is 0 Å². The number of ether oxygens (including phenoxy) is 1. The van der Waals surface area contributed by atoms with E-state index in [1.54, 1.807) is 0 Å². The van der Waals surface area contributed by atoms with Crippen LogP contribution < -0.4 is 4.90 Å². The van der Waals surface area contributed by atoms with Crippen molar-refractivity contribution < 1.29 is 14.3 Å². The Morgan fingerprint density at radius 3 is 2.36 bits per heavy atom. The number of methoxy groups -OCH3 is 1. The fourth-order valence-corrected chi connectivity index (χ4v) is 2.92. The van der Waals surface area contributed by atoms with Crippen LogP contribution in [-0.4, -0.2) is 25.5 Å². The van der Waals surface area contributed by atoms with Gasteiger partial charge in [-0.05, 0) is 28.5 Å². The molecule has 0 saturated heterocycles. The van der Waals surface area contributed by atoms with Gasteiger partial charge in [-0.25, -0.2) is 4.79 Å². The second-order valence-corrected chi connectivity index (χ2v) is 5.77. The molecule has 3 aromatic carbocycles. The molecule has 0 aliphatic carbocycles. The molecule has 0 bridgehead atoms. The lowest BCUT2D eigenvalue weighted by molar-refractivity contribution is -0.142. The van der Waals surface area contributed by atoms with E-state index in [-0.39, 0.29) is 0 Å². The Hall–Kier alpha value is -3.14. The Kier molecular flexibility index (Phi) is 5.09. The van der Waals surface area contributed by atoms with E-state index in [1.165, 1.54) is 12.0 Å². The van der Waals surface area contributed by atoms with Crippen LogP contribution >= 0.6 is 0 Å². The highest BCUT2D eigenvalue weighted by atomic mass is 16.5. The zero-order valence-corrected chi connectivity index (χ0v) is 14.0. The van der Waals surface area contributed by atoms with Crippen LogP contribution in [0.3, 0.4) is 0 Å². The van der Waals surface area contributed by atoms with Crippen LogP contribution in [0.1, 0.15) is 5.56 Å². The number of hydrogen-bond acceptors (Lipinski definition) is 3. The molecule has 0 heterocycles. The predicted molar refractivity (Wildman–Crippen MR) is 98.4 cm³/mol. The van der Waals surface area contributed by atoms with Crippen molar-refractivity contribution >= 4 is 28.8 Å². The molecule has 4 heteroatoms. The van der Waals surface area contributed by atoms with Gasteiger partial charge >= 0.3 is 5.97 Å². The molecule has 126 valence electrons. The third-order valence-electron chi connectivity index (χ3n) is 4.23. The number of esters is 1. The Morgan fingerprint density at radius 1 is 1.00 bits per heavy atom. The first kappa shape index (κ1) is 16.7. The molecular weight excluding hydrogens is 314 g/mol. The summed E-state index contributed by atoms with van der Waals surface area (Å²) in [6.07, 6.45) is 1.08. The van der Waals surface area contributed by atoms with Crippen molar-refractivity contribution in [3.05, 3.63) is 78.4 Å². The van der Waals surface area contributed by atoms with E-state index in [2.05, 4.69) is 0 Å². The summed E-state index contributed by atoms with van der Waals surface area (Å²) in [4.78, 5) is 25.6. The number of benzene rings is 3. The van der Waals surface area contributed by atoms with Gasteiger partial charge in [-0.1, -0.05) is 60.7 Å². The van der Waals surface area contributed by atoms with Crippen molar-refractivity contribution in [2.75, 3.05) is 12.0 Å². The highest BCUT2D eigenvalue weighted by Crippen LogP contribution is 2.24. The van der Waals surface area contributed by atoms with Crippen molar-refractivity contribution in [2.45, 2.75) is 12.5 Å². The molecule has 3 rings (SSSR count). The molecule has 0 saturated carbocycles. The zero-order valence-electron chi connectivity index (χ0n) is 14.0. The number of hydrogen-bond donors (Lipinski definition) is 0. The summed E-state index contributed by atoms with van der Waals surface area (Å²) < 4.78 is 4.94. The lowest BCUT2D eigenvalue weighted by atomic mass is 10.0. The van der Waals surface area contributed by atoms with Crippen LogP contribution in [-0.2, 0) is 20.7 Å². The Labute approximate surface area is 146 Å². The summed E-state index contributed by atoms with van der Waals surface area (Å²) in [6.45, 7) is 0. The first-order chi connectivity index (χ1) is 12.2. The lowest BCUT2D eigenvalue weighted by Gasteiger charge is -2.26. The molecule has 25 heavy (non-hydrogen) atoms. The van der Waals surface area contributed by atoms with E-state index in [9.17, 15) is 9.59 Å². The molecule has 3 aromatic rings. The van der Waals surface area contributed by atoms with Gasteiger partial charge in [0.2, 0.25) is 6.41 Å². The fourth-order valence-electron chi connectivity index (χ4n) is 2.92. The Bertz CT molecular complexity index is 876. The average molecular weight is 333 g/mol. The molecule has 0 aliphatic rings. The third-order valence-corrected chi connectivity index (χ3v) is 4.23. The van der Waals surface area contributed by atoms with Gasteiger partial charge in [-0.15, -0.1) is 0 Å². The molecule has 0 spiro atoms. The van der Waals surface area contributed by atoms with Gasteiger partial charge in [0.25, 0.3) is 0 Å². The van der Waals surface area contributed by atoms with Crippen LogP contribution in [0.15, 0.2) is 72.8 Å². The summed E-state index contributed by atoms with van der Waals surface area (Å²) in [5, 5.41) is 2.09. The molecule has 1 amide bonds. The number of nitrogens with zero attached hydrogens (tertiary/aromatic N) is 1. The summed E-state index contributed by atoms with van der Waals surface area (Å²) in [7, 11) is 1.34. The molecule has 0 aromatic heterocycles. The summed E-state index contributed by atoms with van der Waals surface area (Å²) in [5.74, 6) is -0.441. The number of amides is 1. The first-order valence-electron chi connectivity index (χ1n) is 8.07. The van der Waals surface area contributed by atoms with E-state index in [4.69, 9.17) is 4.74 Å². The molecule has 4 nitrogen and oxygen atoms in total. The molecular formula is C21H19NO3. The standard InChI is InChI=1S/C21H19NO3/c1-25-21(24)20(13-16-7-3-2-4-8-16)22(15-23)19-12-11-17-9-5-6-10-18(17)14-19/h2-12,14-15,20H,13H2,1H3. The van der Waals surface area contributed by atoms with Gasteiger partial charge in [0.05, 0.1) is 7.11 Å². The number of anilines is 1. The highest BCUT2D eigenvalue weighted by molar-refractivity contribution is 5.93. The molecule has 0 fully saturated rings. The van der Waals surface area contributed by atoms with E-state index in [0.29, 0.717) is 18.5 Å². The smallest absolute Gasteiger partial charge is 0.329 e. The summed E-state index contributed by atoms with van der Waals surface area (Å²) in [5.41, 5.74) is 1.63. The minimum atomic E-state index is -0.717. The quantitative estimate of drug-likeness (QED) is 0.512. The summed E-state index contributed by atoms with van der Waals surface area (Å²) >= 11 is 0. The number of carbonyl (C=O) groups excluding carboxylic acids is 2. The Morgan fingerprint density at radius 2 is 1.68 bits per heavy atom. The van der Waals surface area contributed by atoms with Crippen LogP contribution in [0.4, 0.5) is 5.69 Å². The maximum Gasteiger partial charge on any atom is 0.329 e. The topological polar surface area (TPSA) is 46.6 Å². The predicted octanol–water partition coefficient (Wildman–Crippen LogP) is 3.59. The van der Waals surface area contributed by atoms with Crippen molar-refractivity contribution in [2.24, 2.45) is 0 Å². The second-order valence-electron chi connectivity index (χ2n) is 5.77. The molecule has 0 N–H and O–H groups in total. The van der Waals surface area contributed by atoms with Crippen molar-refractivity contribution in [3.63, 3.8) is 0 Å². The largest absolute Gasteiger partial charge is 0.467 e. The van der Waals surface area contributed by atoms with Gasteiger partial charge in [0.1, 0.15) is 6.04 Å². The molecule has 1 atom stereocenters. The van der Waals surface area contributed by atoms with Gasteiger partial charge in [-0.2, -0.15) is 0 Å². The van der Waals surface area contributed by atoms with Crippen LogP contribution in [0.2, 0.25) is 0 Å². The fraction of sp³-hybridized carbons (Fsp3) is 0.143. The van der Waals surface area contributed by atoms with Gasteiger partial charge < -0.3 is 9.64 Å². The number of fused-ring (bicyclic) bond motifs is 1. The summed E-state index contributed by atoms with van der Waals surface area (Å²) in [6, 6.07) is 22.5. The third kappa shape index (κ3) is 3.69. The van der Waals surface area contributed by atoms with Crippen LogP contribution in [0.5, 0.6) is 0 Å². The first-order valence-corrected chi connectivity index (χ1v) is 8.07. The SMILES string of the molecule is COC(=O)C(Cc1ccccc1)N(C=O)c1ccc2ccccc2c1. The minimum absolute atomic E-state index is 0.388. The monoisotopic (exact) mass is 333 g/mol. The maximum absolute atomic E-state index is 12.3. The molecule has 1 unspecified atom stereocenters. The molecule has 0 aliphatic heterocycles. The van der Waals surface area contributed by atoms with E-state index >= 15 is 0 Å². The highest BCUT2D eigenvalue weighted by Gasteiger charge is 2.27. The van der Waals surface area contributed by atoms with E-state index in [1.807, 2.05) is 72.8 Å². The number of carbonyl (C=O) groups is 2. The van der Waals surface area contributed by atoms with E-state index in [0.717, 1.165) is 16.3 Å². The van der Waals surface area contributed by atoms with Crippen molar-refractivity contribution in [1.82, 2.24) is 0 Å². The van der Waals surface area contributed by atoms with Crippen LogP contribution in [0.25, 0.3) is 10.8 Å². The van der Waals surface area contributed by atoms with E-state index < -0.39 is 12.0 Å². The van der Waals surface area contributed by atoms with Gasteiger partial charge in [-0.3, -0.25) is 4.79 Å². The second kappa shape index (κ2) is 7.62.